The van der Waals surface area contributed by atoms with Crippen molar-refractivity contribution in [1.29, 1.82) is 0 Å². The zero-order valence-electron chi connectivity index (χ0n) is 15.2. The molecule has 2 aromatic rings. The normalized spacial score (nSPS) is 11.3. The van der Waals surface area contributed by atoms with Crippen LogP contribution in [-0.4, -0.2) is 28.3 Å². The van der Waals surface area contributed by atoms with Crippen LogP contribution in [0, 0.1) is 20.2 Å². The van der Waals surface area contributed by atoms with E-state index in [9.17, 15) is 25.0 Å². The maximum Gasteiger partial charge on any atom is 0.313 e. The molecule has 0 saturated carbocycles. The van der Waals surface area contributed by atoms with Gasteiger partial charge in [0.1, 0.15) is 12.1 Å². The van der Waals surface area contributed by atoms with Crippen LogP contribution < -0.4 is 5.43 Å². The van der Waals surface area contributed by atoms with Gasteiger partial charge in [0.15, 0.2) is 11.5 Å². The average molecular weight is 400 g/mol. The molecule has 0 aliphatic carbocycles. The minimum atomic E-state index is -0.655. The summed E-state index contributed by atoms with van der Waals surface area (Å²) < 4.78 is 4.83. The molecule has 0 spiro atoms. The van der Waals surface area contributed by atoms with Crippen LogP contribution >= 0.6 is 0 Å². The molecule has 29 heavy (non-hydrogen) atoms. The summed E-state index contributed by atoms with van der Waals surface area (Å²) in [5, 5.41) is 33.6. The number of nitro benzene ring substituents is 2. The number of carbonyl (C=O) groups is 1. The van der Waals surface area contributed by atoms with E-state index in [1.807, 2.05) is 0 Å². The molecule has 150 valence electrons. The fourth-order valence-corrected chi connectivity index (χ4v) is 2.11. The first kappa shape index (κ1) is 21.1. The highest BCUT2D eigenvalue weighted by Crippen LogP contribution is 2.27. The lowest BCUT2D eigenvalue weighted by Crippen LogP contribution is -2.11. The quantitative estimate of drug-likeness (QED) is 0.175. The van der Waals surface area contributed by atoms with Gasteiger partial charge in [0, 0.05) is 12.1 Å². The minimum absolute atomic E-state index is 0.0419. The summed E-state index contributed by atoms with van der Waals surface area (Å²) in [6.45, 7) is 1.75. The number of esters is 1. The number of hydrogen-bond donors (Lipinski definition) is 1. The van der Waals surface area contributed by atoms with Gasteiger partial charge in [-0.2, -0.15) is 5.10 Å². The van der Waals surface area contributed by atoms with E-state index in [0.717, 1.165) is 0 Å². The lowest BCUT2D eigenvalue weighted by molar-refractivity contribution is -0.384. The Hall–Kier alpha value is -4.22. The first-order valence-electron chi connectivity index (χ1n) is 8.29. The molecule has 0 amide bonds. The van der Waals surface area contributed by atoms with Crippen molar-refractivity contribution in [2.75, 3.05) is 12.0 Å². The van der Waals surface area contributed by atoms with Gasteiger partial charge in [0.2, 0.25) is 0 Å². The molecule has 2 rings (SSSR count). The Balaban J connectivity index is 2.33. The number of nitrogens with zero attached hydrogens (tertiary/aromatic N) is 5. The van der Waals surface area contributed by atoms with E-state index >= 15 is 0 Å². The summed E-state index contributed by atoms with van der Waals surface area (Å²) >= 11 is 0. The number of hydrogen-bond acceptors (Lipinski definition) is 9. The standard InChI is InChI=1S/C17H16N6O6/c1-2-29-17(24)11-16(20-18-12-7-3-5-9-14(12)22(25)26)21-19-13-8-4-6-10-15(13)23(27)28/h3-10,18H,2,11H2,1H3/b20-16-,21-19?. The van der Waals surface area contributed by atoms with Gasteiger partial charge in [0.25, 0.3) is 11.4 Å². The van der Waals surface area contributed by atoms with Gasteiger partial charge < -0.3 is 4.74 Å². The van der Waals surface area contributed by atoms with Crippen LogP contribution in [0.5, 0.6) is 0 Å². The summed E-state index contributed by atoms with van der Waals surface area (Å²) in [5.74, 6) is -0.836. The molecule has 0 aromatic heterocycles. The van der Waals surface area contributed by atoms with Crippen molar-refractivity contribution in [2.24, 2.45) is 15.3 Å². The van der Waals surface area contributed by atoms with Crippen LogP contribution in [0.1, 0.15) is 13.3 Å². The molecule has 12 nitrogen and oxygen atoms in total. The smallest absolute Gasteiger partial charge is 0.313 e. The molecular weight excluding hydrogens is 384 g/mol. The number of nitrogens with one attached hydrogen (secondary N) is 1. The molecule has 0 aliphatic heterocycles. The third-order valence-corrected chi connectivity index (χ3v) is 3.37. The Kier molecular flexibility index (Phi) is 7.42. The molecule has 0 atom stereocenters. The van der Waals surface area contributed by atoms with Gasteiger partial charge in [0.05, 0.1) is 16.5 Å². The monoisotopic (exact) mass is 400 g/mol. The lowest BCUT2D eigenvalue weighted by atomic mass is 10.3. The molecule has 0 heterocycles. The molecule has 0 bridgehead atoms. The molecule has 2 aromatic carbocycles. The molecule has 0 saturated heterocycles. The van der Waals surface area contributed by atoms with Crippen molar-refractivity contribution in [2.45, 2.75) is 13.3 Å². The second kappa shape index (κ2) is 10.2. The first-order chi connectivity index (χ1) is 13.9. The topological polar surface area (TPSA) is 162 Å². The van der Waals surface area contributed by atoms with Gasteiger partial charge in [-0.3, -0.25) is 30.4 Å². The third-order valence-electron chi connectivity index (χ3n) is 3.37. The van der Waals surface area contributed by atoms with Gasteiger partial charge in [-0.15, -0.1) is 10.2 Å². The largest absolute Gasteiger partial charge is 0.466 e. The molecule has 0 aliphatic rings. The number of nitro groups is 2. The fourth-order valence-electron chi connectivity index (χ4n) is 2.11. The maximum absolute atomic E-state index is 11.8. The highest BCUT2D eigenvalue weighted by Gasteiger charge is 2.15. The van der Waals surface area contributed by atoms with Crippen molar-refractivity contribution >= 4 is 34.6 Å². The predicted molar refractivity (Wildman–Crippen MR) is 103 cm³/mol. The summed E-state index contributed by atoms with van der Waals surface area (Å²) in [4.78, 5) is 32.7. The lowest BCUT2D eigenvalue weighted by Gasteiger charge is -2.04. The number of ether oxygens (including phenoxy) is 1. The van der Waals surface area contributed by atoms with Crippen molar-refractivity contribution in [1.82, 2.24) is 0 Å². The Bertz CT molecular complexity index is 974. The first-order valence-corrected chi connectivity index (χ1v) is 8.29. The molecule has 0 radical (unpaired) electrons. The van der Waals surface area contributed by atoms with Gasteiger partial charge in [-0.1, -0.05) is 24.3 Å². The average Bonchev–Trinajstić information content (AvgIpc) is 2.70. The van der Waals surface area contributed by atoms with E-state index < -0.39 is 22.2 Å². The summed E-state index contributed by atoms with van der Waals surface area (Å²) in [6.07, 6.45) is -0.397. The molecule has 1 N–H and O–H groups in total. The van der Waals surface area contributed by atoms with E-state index in [2.05, 4.69) is 20.8 Å². The van der Waals surface area contributed by atoms with E-state index in [1.54, 1.807) is 13.0 Å². The molecule has 0 unspecified atom stereocenters. The van der Waals surface area contributed by atoms with Crippen molar-refractivity contribution < 1.29 is 19.4 Å². The predicted octanol–water partition coefficient (Wildman–Crippen LogP) is 3.97. The maximum atomic E-state index is 11.8. The number of hydrazone groups is 1. The molecule has 12 heteroatoms. The second-order valence-electron chi connectivity index (χ2n) is 5.34. The van der Waals surface area contributed by atoms with Crippen LogP contribution in [0.2, 0.25) is 0 Å². The van der Waals surface area contributed by atoms with Crippen molar-refractivity contribution in [3.05, 3.63) is 68.8 Å². The summed E-state index contributed by atoms with van der Waals surface area (Å²) in [7, 11) is 0. The number of carbonyl (C=O) groups excluding carboxylic acids is 1. The highest BCUT2D eigenvalue weighted by atomic mass is 16.6. The highest BCUT2D eigenvalue weighted by molar-refractivity contribution is 5.98. The minimum Gasteiger partial charge on any atom is -0.466 e. The van der Waals surface area contributed by atoms with Crippen molar-refractivity contribution in [3.8, 4) is 0 Å². The van der Waals surface area contributed by atoms with E-state index in [-0.39, 0.29) is 35.2 Å². The Morgan fingerprint density at radius 2 is 1.66 bits per heavy atom. The Morgan fingerprint density at radius 1 is 1.03 bits per heavy atom. The number of anilines is 1. The van der Waals surface area contributed by atoms with Crippen LogP contribution in [0.3, 0.4) is 0 Å². The van der Waals surface area contributed by atoms with Crippen LogP contribution in [0.25, 0.3) is 0 Å². The molecule has 0 fully saturated rings. The van der Waals surface area contributed by atoms with Gasteiger partial charge in [-0.05, 0) is 19.1 Å². The summed E-state index contributed by atoms with van der Waals surface area (Å²) in [5.41, 5.74) is 1.98. The third kappa shape index (κ3) is 6.16. The zero-order valence-corrected chi connectivity index (χ0v) is 15.2. The Morgan fingerprint density at radius 3 is 2.31 bits per heavy atom. The van der Waals surface area contributed by atoms with Crippen LogP contribution in [-0.2, 0) is 9.53 Å². The Labute approximate surface area is 164 Å². The van der Waals surface area contributed by atoms with E-state index in [1.165, 1.54) is 42.5 Å². The number of azo groups is 1. The SMILES string of the molecule is CCOC(=O)C/C(N=Nc1ccccc1[N+](=O)[O-])=N/Nc1ccccc1[N+](=O)[O-]. The number of para-hydroxylation sites is 3. The van der Waals surface area contributed by atoms with Crippen molar-refractivity contribution in [3.63, 3.8) is 0 Å². The van der Waals surface area contributed by atoms with Gasteiger partial charge >= 0.3 is 5.97 Å². The van der Waals surface area contributed by atoms with Crippen LogP contribution in [0.4, 0.5) is 22.7 Å². The van der Waals surface area contributed by atoms with Crippen LogP contribution in [0.15, 0.2) is 63.9 Å². The number of benzene rings is 2. The van der Waals surface area contributed by atoms with E-state index in [0.29, 0.717) is 0 Å². The van der Waals surface area contributed by atoms with Gasteiger partial charge in [-0.25, -0.2) is 0 Å². The fraction of sp³-hybridized carbons (Fsp3) is 0.176. The van der Waals surface area contributed by atoms with E-state index in [4.69, 9.17) is 4.74 Å². The number of amidine groups is 1. The second-order valence-corrected chi connectivity index (χ2v) is 5.34. The summed E-state index contributed by atoms with van der Waals surface area (Å²) in [6, 6.07) is 11.4. The molecular formula is C17H16N6O6. The zero-order chi connectivity index (χ0) is 21.2. The number of rotatable bonds is 8.